The number of hydrogen-bond acceptors (Lipinski definition) is 3. The van der Waals surface area contributed by atoms with Crippen molar-refractivity contribution in [3.05, 3.63) is 44.2 Å². The molecule has 1 aliphatic rings. The third kappa shape index (κ3) is 2.97. The molecule has 2 heterocycles. The van der Waals surface area contributed by atoms with Gasteiger partial charge in [0.05, 0.1) is 21.3 Å². The molecule has 0 aliphatic carbocycles. The van der Waals surface area contributed by atoms with Crippen LogP contribution in [0.5, 0.6) is 0 Å². The third-order valence-electron chi connectivity index (χ3n) is 2.87. The molecule has 1 aromatic heterocycles. The van der Waals surface area contributed by atoms with E-state index in [1.165, 1.54) is 16.8 Å². The summed E-state index contributed by atoms with van der Waals surface area (Å²) in [7, 11) is 0. The Balaban J connectivity index is 2.30. The van der Waals surface area contributed by atoms with E-state index >= 15 is 0 Å². The second-order valence-electron chi connectivity index (χ2n) is 4.13. The number of nitrogens with zero attached hydrogens (tertiary/aromatic N) is 1. The Labute approximate surface area is 127 Å². The molecule has 0 bridgehead atoms. The molecular formula is C11H11BrCl2N2O3. The largest absolute Gasteiger partial charge is 0.351 e. The maximum absolute atomic E-state index is 11.7. The van der Waals surface area contributed by atoms with Crippen molar-refractivity contribution in [3.63, 3.8) is 0 Å². The number of hydrogen-bond donors (Lipinski definition) is 1. The van der Waals surface area contributed by atoms with Crippen LogP contribution in [-0.2, 0) is 4.74 Å². The van der Waals surface area contributed by atoms with Gasteiger partial charge in [-0.2, -0.15) is 0 Å². The highest BCUT2D eigenvalue weighted by atomic mass is 79.9. The molecule has 1 N–H and O–H groups in total. The van der Waals surface area contributed by atoms with Crippen molar-refractivity contribution in [3.8, 4) is 0 Å². The van der Waals surface area contributed by atoms with Crippen LogP contribution < -0.4 is 11.2 Å². The molecule has 1 aliphatic heterocycles. The highest BCUT2D eigenvalue weighted by Crippen LogP contribution is 2.35. The van der Waals surface area contributed by atoms with Crippen LogP contribution in [-0.4, -0.2) is 26.4 Å². The second-order valence-corrected chi connectivity index (χ2v) is 6.05. The molecular weight excluding hydrogens is 359 g/mol. The van der Waals surface area contributed by atoms with Gasteiger partial charge in [-0.25, -0.2) is 4.79 Å². The molecule has 5 nitrogen and oxygen atoms in total. The summed E-state index contributed by atoms with van der Waals surface area (Å²) in [6.45, 7) is 3.59. The normalized spacial score (nSPS) is 28.3. The van der Waals surface area contributed by atoms with Crippen LogP contribution in [0.25, 0.3) is 0 Å². The van der Waals surface area contributed by atoms with Gasteiger partial charge in [0.1, 0.15) is 6.23 Å². The summed E-state index contributed by atoms with van der Waals surface area (Å²) in [5.74, 6) is 0. The van der Waals surface area contributed by atoms with E-state index in [-0.39, 0.29) is 9.85 Å². The Bertz CT molecular complexity index is 600. The van der Waals surface area contributed by atoms with E-state index < -0.39 is 29.0 Å². The van der Waals surface area contributed by atoms with Crippen molar-refractivity contribution < 1.29 is 4.74 Å². The first-order chi connectivity index (χ1) is 8.93. The molecule has 0 radical (unpaired) electrons. The Morgan fingerprint density at radius 3 is 2.95 bits per heavy atom. The van der Waals surface area contributed by atoms with Gasteiger partial charge in [-0.1, -0.05) is 6.08 Å². The van der Waals surface area contributed by atoms with Gasteiger partial charge in [-0.05, 0) is 15.9 Å². The molecule has 0 saturated carbocycles. The summed E-state index contributed by atoms with van der Waals surface area (Å²) in [6.07, 6.45) is 2.35. The van der Waals surface area contributed by atoms with Crippen LogP contribution in [0, 0.1) is 0 Å². The van der Waals surface area contributed by atoms with Gasteiger partial charge in [-0.3, -0.25) is 14.3 Å². The monoisotopic (exact) mass is 368 g/mol. The van der Waals surface area contributed by atoms with Gasteiger partial charge in [0.25, 0.3) is 5.56 Å². The van der Waals surface area contributed by atoms with Crippen molar-refractivity contribution in [1.82, 2.24) is 9.55 Å². The first-order valence-corrected chi connectivity index (χ1v) is 7.17. The number of rotatable bonds is 3. The van der Waals surface area contributed by atoms with Crippen LogP contribution in [0.15, 0.2) is 32.9 Å². The maximum atomic E-state index is 11.7. The zero-order chi connectivity index (χ0) is 14.2. The van der Waals surface area contributed by atoms with Crippen molar-refractivity contribution in [2.24, 2.45) is 0 Å². The van der Waals surface area contributed by atoms with Gasteiger partial charge in [-0.15, -0.1) is 29.8 Å². The summed E-state index contributed by atoms with van der Waals surface area (Å²) in [6, 6.07) is 0. The van der Waals surface area contributed by atoms with E-state index in [4.69, 9.17) is 27.9 Å². The minimum atomic E-state index is -0.561. The van der Waals surface area contributed by atoms with E-state index in [2.05, 4.69) is 27.5 Å². The van der Waals surface area contributed by atoms with E-state index in [0.717, 1.165) is 0 Å². The molecule has 0 aromatic carbocycles. The molecule has 1 saturated heterocycles. The van der Waals surface area contributed by atoms with Crippen LogP contribution in [0.3, 0.4) is 0 Å². The summed E-state index contributed by atoms with van der Waals surface area (Å²) < 4.78 is 7.21. The molecule has 8 heteroatoms. The lowest BCUT2D eigenvalue weighted by Crippen LogP contribution is -2.33. The van der Waals surface area contributed by atoms with Crippen LogP contribution in [0.2, 0.25) is 0 Å². The summed E-state index contributed by atoms with van der Waals surface area (Å²) in [5.41, 5.74) is -1.04. The fourth-order valence-electron chi connectivity index (χ4n) is 1.91. The Kier molecular flexibility index (Phi) is 4.55. The van der Waals surface area contributed by atoms with Crippen LogP contribution >= 0.6 is 39.1 Å². The second kappa shape index (κ2) is 5.83. The van der Waals surface area contributed by atoms with Gasteiger partial charge in [0.15, 0.2) is 0 Å². The number of H-pyrrole nitrogens is 1. The highest BCUT2D eigenvalue weighted by molar-refractivity contribution is 9.10. The fraction of sp³-hybridized carbons (Fsp3) is 0.455. The molecule has 1 aromatic rings. The van der Waals surface area contributed by atoms with Crippen molar-refractivity contribution in [1.29, 1.82) is 0 Å². The van der Waals surface area contributed by atoms with Crippen LogP contribution in [0.1, 0.15) is 12.6 Å². The first-order valence-electron chi connectivity index (χ1n) is 5.51. The summed E-state index contributed by atoms with van der Waals surface area (Å²) in [4.78, 5) is 25.2. The molecule has 2 rings (SSSR count). The molecule has 0 amide bonds. The Morgan fingerprint density at radius 1 is 1.63 bits per heavy atom. The zero-order valence-electron chi connectivity index (χ0n) is 9.68. The fourth-order valence-corrected chi connectivity index (χ4v) is 2.91. The van der Waals surface area contributed by atoms with E-state index in [0.29, 0.717) is 6.42 Å². The van der Waals surface area contributed by atoms with Gasteiger partial charge >= 0.3 is 5.69 Å². The molecule has 0 spiro atoms. The Hall–Kier alpha value is -0.560. The number of nitrogens with one attached hydrogen (secondary N) is 1. The standard InChI is InChI=1S/C11H11BrCl2N2O3/c1-2-6(13)9-7(14)3-8(19-9)16-4-5(12)10(17)15-11(16)18/h2,4,6-9H,1,3H2,(H,15,17,18)/t6?,7-,8+,9+/m0/s1. The van der Waals surface area contributed by atoms with Crippen molar-refractivity contribution in [2.45, 2.75) is 29.5 Å². The lowest BCUT2D eigenvalue weighted by Gasteiger charge is -2.18. The quantitative estimate of drug-likeness (QED) is 0.654. The smallest absolute Gasteiger partial charge is 0.330 e. The third-order valence-corrected chi connectivity index (χ3v) is 4.29. The topological polar surface area (TPSA) is 64.1 Å². The summed E-state index contributed by atoms with van der Waals surface area (Å²) >= 11 is 15.3. The Morgan fingerprint density at radius 2 is 2.32 bits per heavy atom. The van der Waals surface area contributed by atoms with Crippen LogP contribution in [0.4, 0.5) is 0 Å². The van der Waals surface area contributed by atoms with Gasteiger partial charge < -0.3 is 4.74 Å². The number of aromatic amines is 1. The lowest BCUT2D eigenvalue weighted by atomic mass is 10.1. The highest BCUT2D eigenvalue weighted by Gasteiger charge is 2.38. The van der Waals surface area contributed by atoms with Gasteiger partial charge in [0, 0.05) is 12.6 Å². The van der Waals surface area contributed by atoms with Crippen molar-refractivity contribution in [2.75, 3.05) is 0 Å². The predicted octanol–water partition coefficient (Wildman–Crippen LogP) is 1.99. The minimum Gasteiger partial charge on any atom is -0.351 e. The maximum Gasteiger partial charge on any atom is 0.330 e. The molecule has 104 valence electrons. The molecule has 1 unspecified atom stereocenters. The average molecular weight is 370 g/mol. The predicted molar refractivity (Wildman–Crippen MR) is 77.0 cm³/mol. The molecule has 1 fully saturated rings. The van der Waals surface area contributed by atoms with E-state index in [9.17, 15) is 9.59 Å². The number of ether oxygens (including phenoxy) is 1. The number of aromatic nitrogens is 2. The summed E-state index contributed by atoms with van der Waals surface area (Å²) in [5, 5.41) is -0.766. The number of halogens is 3. The lowest BCUT2D eigenvalue weighted by molar-refractivity contribution is 0.00273. The van der Waals surface area contributed by atoms with Crippen molar-refractivity contribution >= 4 is 39.1 Å². The zero-order valence-corrected chi connectivity index (χ0v) is 12.8. The van der Waals surface area contributed by atoms with E-state index in [1.54, 1.807) is 0 Å². The molecule has 4 atom stereocenters. The van der Waals surface area contributed by atoms with E-state index in [1.807, 2.05) is 0 Å². The molecule has 19 heavy (non-hydrogen) atoms. The first kappa shape index (κ1) is 14.8. The number of alkyl halides is 2. The average Bonchev–Trinajstić information content (AvgIpc) is 2.75. The van der Waals surface area contributed by atoms with Gasteiger partial charge in [0.2, 0.25) is 0 Å². The SMILES string of the molecule is C=CC(Cl)[C@H]1O[C@@H](n2cc(Br)c(=O)[nH]c2=O)C[C@@H]1Cl. The minimum absolute atomic E-state index is 0.247.